The number of piperidine rings is 1. The molecule has 4 nitrogen and oxygen atoms in total. The van der Waals surface area contributed by atoms with Gasteiger partial charge in [-0.2, -0.15) is 0 Å². The number of carbonyl (C=O) groups excluding carboxylic acids is 1. The summed E-state index contributed by atoms with van der Waals surface area (Å²) in [6.45, 7) is 8.61. The van der Waals surface area contributed by atoms with E-state index in [0.29, 0.717) is 19.0 Å². The van der Waals surface area contributed by atoms with Crippen LogP contribution in [-0.4, -0.2) is 40.9 Å². The number of hydrogen-bond donors (Lipinski definition) is 1. The van der Waals surface area contributed by atoms with Crippen molar-refractivity contribution in [3.63, 3.8) is 0 Å². The molecule has 15 heavy (non-hydrogen) atoms. The van der Waals surface area contributed by atoms with Gasteiger partial charge in [0.1, 0.15) is 5.60 Å². The van der Waals surface area contributed by atoms with Crippen molar-refractivity contribution >= 4 is 6.09 Å². The number of hydrogen-bond acceptors (Lipinski definition) is 3. The molecule has 0 aromatic heterocycles. The van der Waals surface area contributed by atoms with Gasteiger partial charge in [0.2, 0.25) is 0 Å². The molecule has 0 radical (unpaired) electrons. The number of β-amino-alcohol motifs (C(OH)–C–C–N with tert-alkyl or cyclic N) is 1. The molecule has 1 rings (SSSR count). The second-order valence-corrected chi connectivity index (χ2v) is 5.38. The molecule has 88 valence electrons. The Hall–Kier alpha value is -0.770. The molecule has 1 unspecified atom stereocenters. The van der Waals surface area contributed by atoms with Crippen LogP contribution in [0.1, 0.15) is 34.1 Å². The lowest BCUT2D eigenvalue weighted by Gasteiger charge is -2.35. The van der Waals surface area contributed by atoms with Crippen LogP contribution in [0.2, 0.25) is 0 Å². The average Bonchev–Trinajstić information content (AvgIpc) is 1.98. The molecule has 2 atom stereocenters. The average molecular weight is 215 g/mol. The normalized spacial score (nSPS) is 27.7. The first kappa shape index (κ1) is 12.3. The molecule has 1 saturated heterocycles. The number of likely N-dealkylation sites (tertiary alicyclic amines) is 1. The fraction of sp³-hybridized carbons (Fsp3) is 0.909. The fourth-order valence-corrected chi connectivity index (χ4v) is 1.79. The third kappa shape index (κ3) is 4.08. The standard InChI is InChI=1S/C11H21NO3/c1-8-5-9(13)7-12(6-8)10(14)15-11(2,3)4/h8-9,13H,5-7H2,1-4H3/t8?,9-/m1/s1. The predicted octanol–water partition coefficient (Wildman–Crippen LogP) is 1.62. The fourth-order valence-electron chi connectivity index (χ4n) is 1.79. The van der Waals surface area contributed by atoms with E-state index in [1.165, 1.54) is 0 Å². The third-order valence-electron chi connectivity index (χ3n) is 2.29. The molecule has 1 N–H and O–H groups in total. The second-order valence-electron chi connectivity index (χ2n) is 5.38. The van der Waals surface area contributed by atoms with Gasteiger partial charge in [0.25, 0.3) is 0 Å². The van der Waals surface area contributed by atoms with Gasteiger partial charge in [0, 0.05) is 13.1 Å². The Balaban J connectivity index is 2.52. The van der Waals surface area contributed by atoms with Gasteiger partial charge in [-0.25, -0.2) is 4.79 Å². The molecule has 1 aliphatic rings. The summed E-state index contributed by atoms with van der Waals surface area (Å²) in [4.78, 5) is 13.3. The number of amides is 1. The van der Waals surface area contributed by atoms with Crippen LogP contribution >= 0.6 is 0 Å². The first-order chi connectivity index (χ1) is 6.78. The van der Waals surface area contributed by atoms with Crippen LogP contribution in [0, 0.1) is 5.92 Å². The summed E-state index contributed by atoms with van der Waals surface area (Å²) in [6, 6.07) is 0. The molecule has 0 aromatic rings. The van der Waals surface area contributed by atoms with Crippen LogP contribution in [0.4, 0.5) is 4.79 Å². The summed E-state index contributed by atoms with van der Waals surface area (Å²) in [6.07, 6.45) is 0.0219. The Labute approximate surface area is 91.2 Å². The first-order valence-corrected chi connectivity index (χ1v) is 5.44. The molecule has 1 aliphatic heterocycles. The van der Waals surface area contributed by atoms with Gasteiger partial charge in [0.15, 0.2) is 0 Å². The van der Waals surface area contributed by atoms with Crippen LogP contribution in [0.15, 0.2) is 0 Å². The number of nitrogens with zero attached hydrogens (tertiary/aromatic N) is 1. The number of rotatable bonds is 0. The Morgan fingerprint density at radius 2 is 2.00 bits per heavy atom. The van der Waals surface area contributed by atoms with E-state index in [2.05, 4.69) is 0 Å². The number of aliphatic hydroxyl groups is 1. The maximum atomic E-state index is 11.7. The van der Waals surface area contributed by atoms with Crippen molar-refractivity contribution in [3.8, 4) is 0 Å². The smallest absolute Gasteiger partial charge is 0.410 e. The topological polar surface area (TPSA) is 49.8 Å². The lowest BCUT2D eigenvalue weighted by Crippen LogP contribution is -2.47. The summed E-state index contributed by atoms with van der Waals surface area (Å²) < 4.78 is 5.25. The monoisotopic (exact) mass is 215 g/mol. The minimum atomic E-state index is -0.470. The van der Waals surface area contributed by atoms with Crippen molar-refractivity contribution in [2.45, 2.75) is 45.8 Å². The third-order valence-corrected chi connectivity index (χ3v) is 2.29. The molecular formula is C11H21NO3. The minimum absolute atomic E-state index is 0.326. The van der Waals surface area contributed by atoms with Crippen molar-refractivity contribution in [3.05, 3.63) is 0 Å². The molecule has 0 spiro atoms. The number of carbonyl (C=O) groups is 1. The van der Waals surface area contributed by atoms with E-state index in [4.69, 9.17) is 4.74 Å². The lowest BCUT2D eigenvalue weighted by atomic mass is 9.98. The van der Waals surface area contributed by atoms with Crippen molar-refractivity contribution in [1.82, 2.24) is 4.90 Å². The Morgan fingerprint density at radius 1 is 1.40 bits per heavy atom. The molecule has 0 bridgehead atoms. The van der Waals surface area contributed by atoms with E-state index in [1.54, 1.807) is 4.90 Å². The molecule has 0 saturated carbocycles. The first-order valence-electron chi connectivity index (χ1n) is 5.44. The van der Waals surface area contributed by atoms with Gasteiger partial charge in [-0.15, -0.1) is 0 Å². The van der Waals surface area contributed by atoms with Crippen LogP contribution in [0.25, 0.3) is 0 Å². The van der Waals surface area contributed by atoms with Gasteiger partial charge in [0.05, 0.1) is 6.10 Å². The van der Waals surface area contributed by atoms with Crippen molar-refractivity contribution < 1.29 is 14.6 Å². The van der Waals surface area contributed by atoms with Crippen LogP contribution in [0.5, 0.6) is 0 Å². The van der Waals surface area contributed by atoms with Crippen LogP contribution < -0.4 is 0 Å². The van der Waals surface area contributed by atoms with Gasteiger partial charge >= 0.3 is 6.09 Å². The van der Waals surface area contributed by atoms with Gasteiger partial charge in [-0.1, -0.05) is 6.92 Å². The molecule has 1 amide bonds. The highest BCUT2D eigenvalue weighted by atomic mass is 16.6. The molecule has 1 fully saturated rings. The van der Waals surface area contributed by atoms with E-state index in [1.807, 2.05) is 27.7 Å². The predicted molar refractivity (Wildman–Crippen MR) is 57.6 cm³/mol. The van der Waals surface area contributed by atoms with Crippen LogP contribution in [-0.2, 0) is 4.74 Å². The minimum Gasteiger partial charge on any atom is -0.444 e. The van der Waals surface area contributed by atoms with Gasteiger partial charge in [-0.05, 0) is 33.1 Å². The van der Waals surface area contributed by atoms with Gasteiger partial charge < -0.3 is 14.7 Å². The highest BCUT2D eigenvalue weighted by molar-refractivity contribution is 5.68. The van der Waals surface area contributed by atoms with E-state index in [-0.39, 0.29) is 6.09 Å². The highest BCUT2D eigenvalue weighted by Crippen LogP contribution is 2.18. The van der Waals surface area contributed by atoms with Crippen LogP contribution in [0.3, 0.4) is 0 Å². The second kappa shape index (κ2) is 4.39. The number of aliphatic hydroxyl groups excluding tert-OH is 1. The Morgan fingerprint density at radius 3 is 2.47 bits per heavy atom. The lowest BCUT2D eigenvalue weighted by molar-refractivity contribution is -0.00539. The maximum absolute atomic E-state index is 11.7. The summed E-state index contributed by atoms with van der Waals surface area (Å²) in [5.41, 5.74) is -0.470. The summed E-state index contributed by atoms with van der Waals surface area (Å²) in [5.74, 6) is 0.335. The molecule has 4 heteroatoms. The zero-order valence-electron chi connectivity index (χ0n) is 9.99. The zero-order chi connectivity index (χ0) is 11.6. The maximum Gasteiger partial charge on any atom is 0.410 e. The molecule has 1 heterocycles. The summed E-state index contributed by atoms with van der Waals surface area (Å²) in [5, 5.41) is 9.55. The highest BCUT2D eigenvalue weighted by Gasteiger charge is 2.29. The Kier molecular flexibility index (Phi) is 3.60. The van der Waals surface area contributed by atoms with E-state index in [0.717, 1.165) is 6.42 Å². The number of ether oxygens (including phenoxy) is 1. The van der Waals surface area contributed by atoms with Crippen molar-refractivity contribution in [2.75, 3.05) is 13.1 Å². The Bertz CT molecular complexity index is 224. The van der Waals surface area contributed by atoms with Crippen molar-refractivity contribution in [2.24, 2.45) is 5.92 Å². The SMILES string of the molecule is CC1C[C@@H](O)CN(C(=O)OC(C)(C)C)C1. The van der Waals surface area contributed by atoms with E-state index < -0.39 is 11.7 Å². The van der Waals surface area contributed by atoms with E-state index in [9.17, 15) is 9.90 Å². The molecule has 0 aliphatic carbocycles. The molecular weight excluding hydrogens is 194 g/mol. The molecule has 0 aromatic carbocycles. The van der Waals surface area contributed by atoms with E-state index >= 15 is 0 Å². The summed E-state index contributed by atoms with van der Waals surface area (Å²) in [7, 11) is 0. The quantitative estimate of drug-likeness (QED) is 0.668. The summed E-state index contributed by atoms with van der Waals surface area (Å²) >= 11 is 0. The van der Waals surface area contributed by atoms with Crippen molar-refractivity contribution in [1.29, 1.82) is 0 Å². The largest absolute Gasteiger partial charge is 0.444 e. The zero-order valence-corrected chi connectivity index (χ0v) is 9.99. The van der Waals surface area contributed by atoms with Gasteiger partial charge in [-0.3, -0.25) is 0 Å².